The van der Waals surface area contributed by atoms with Crippen molar-refractivity contribution in [3.8, 4) is 5.75 Å². The number of carbonyl (C=O) groups is 2. The van der Waals surface area contributed by atoms with Crippen molar-refractivity contribution < 1.29 is 23.8 Å². The highest BCUT2D eigenvalue weighted by molar-refractivity contribution is 6.46. The minimum absolute atomic E-state index is 0.0144. The lowest BCUT2D eigenvalue weighted by Crippen LogP contribution is -2.29. The van der Waals surface area contributed by atoms with Gasteiger partial charge in [0, 0.05) is 31.5 Å². The predicted molar refractivity (Wildman–Crippen MR) is 124 cm³/mol. The number of anilines is 1. The molecule has 2 aliphatic heterocycles. The second-order valence-corrected chi connectivity index (χ2v) is 8.29. The molecule has 5 rings (SSSR count). The quantitative estimate of drug-likeness (QED) is 0.364. The highest BCUT2D eigenvalue weighted by Gasteiger charge is 2.46. The van der Waals surface area contributed by atoms with Crippen molar-refractivity contribution in [2.75, 3.05) is 25.1 Å². The van der Waals surface area contributed by atoms with E-state index in [2.05, 4.69) is 4.98 Å². The molecule has 2 aliphatic rings. The van der Waals surface area contributed by atoms with Gasteiger partial charge in [-0.2, -0.15) is 0 Å². The Labute approximate surface area is 195 Å². The summed E-state index contributed by atoms with van der Waals surface area (Å²) in [6.45, 7) is 1.32. The smallest absolute Gasteiger partial charge is 0.295 e. The maximum Gasteiger partial charge on any atom is 0.295 e. The predicted octanol–water partition coefficient (Wildman–Crippen LogP) is 3.67. The van der Waals surface area contributed by atoms with Gasteiger partial charge >= 0.3 is 0 Å². The SMILES string of the molecule is CN1CCOc2ccc(/C(O)=C3/C(=O)C(=O)N(Cc4ccc(F)cc4)C3c3cccnc3)cc21. The molecular formula is C26H22FN3O4. The summed E-state index contributed by atoms with van der Waals surface area (Å²) >= 11 is 0. The largest absolute Gasteiger partial charge is 0.507 e. The number of amides is 1. The molecule has 7 nitrogen and oxygen atoms in total. The molecule has 1 fully saturated rings. The molecule has 1 atom stereocenters. The third-order valence-electron chi connectivity index (χ3n) is 6.13. The number of ketones is 1. The summed E-state index contributed by atoms with van der Waals surface area (Å²) in [4.78, 5) is 33.8. The summed E-state index contributed by atoms with van der Waals surface area (Å²) in [7, 11) is 1.92. The van der Waals surface area contributed by atoms with Gasteiger partial charge in [0.2, 0.25) is 0 Å². The normalized spacial score (nSPS) is 19.2. The van der Waals surface area contributed by atoms with Gasteiger partial charge in [0.1, 0.15) is 23.9 Å². The van der Waals surface area contributed by atoms with Crippen molar-refractivity contribution in [2.24, 2.45) is 0 Å². The van der Waals surface area contributed by atoms with Crippen LogP contribution in [0.4, 0.5) is 10.1 Å². The molecule has 1 aromatic heterocycles. The molecule has 0 saturated carbocycles. The summed E-state index contributed by atoms with van der Waals surface area (Å²) in [5.41, 5.74) is 2.42. The highest BCUT2D eigenvalue weighted by atomic mass is 19.1. The molecule has 34 heavy (non-hydrogen) atoms. The Morgan fingerprint density at radius 1 is 1.18 bits per heavy atom. The molecule has 2 aromatic carbocycles. The van der Waals surface area contributed by atoms with Crippen LogP contribution < -0.4 is 9.64 Å². The average molecular weight is 459 g/mol. The number of aliphatic hydroxyl groups is 1. The Bertz CT molecular complexity index is 1290. The van der Waals surface area contributed by atoms with Crippen LogP contribution in [0.15, 0.2) is 72.6 Å². The van der Waals surface area contributed by atoms with E-state index in [1.54, 1.807) is 54.9 Å². The van der Waals surface area contributed by atoms with E-state index < -0.39 is 23.5 Å². The number of rotatable bonds is 4. The molecule has 1 amide bonds. The van der Waals surface area contributed by atoms with E-state index in [1.807, 2.05) is 11.9 Å². The average Bonchev–Trinajstić information content (AvgIpc) is 3.10. The number of aromatic nitrogens is 1. The number of benzene rings is 2. The molecule has 3 heterocycles. The first-order valence-electron chi connectivity index (χ1n) is 10.8. The lowest BCUT2D eigenvalue weighted by molar-refractivity contribution is -0.140. The molecule has 1 saturated heterocycles. The van der Waals surface area contributed by atoms with E-state index in [0.717, 1.165) is 5.69 Å². The van der Waals surface area contributed by atoms with Crippen LogP contribution in [-0.2, 0) is 16.1 Å². The van der Waals surface area contributed by atoms with Crippen LogP contribution in [0, 0.1) is 5.82 Å². The number of carbonyl (C=O) groups excluding carboxylic acids is 2. The lowest BCUT2D eigenvalue weighted by Gasteiger charge is -2.28. The first-order chi connectivity index (χ1) is 16.4. The number of hydrogen-bond donors (Lipinski definition) is 1. The Morgan fingerprint density at radius 3 is 2.71 bits per heavy atom. The molecule has 0 aliphatic carbocycles. The Balaban J connectivity index is 1.62. The number of likely N-dealkylation sites (N-methyl/N-ethyl adjacent to an activating group) is 1. The molecule has 1 unspecified atom stereocenters. The van der Waals surface area contributed by atoms with E-state index >= 15 is 0 Å². The zero-order valence-electron chi connectivity index (χ0n) is 18.4. The van der Waals surface area contributed by atoms with Gasteiger partial charge in [0.05, 0.1) is 23.8 Å². The number of ether oxygens (including phenoxy) is 1. The highest BCUT2D eigenvalue weighted by Crippen LogP contribution is 2.41. The van der Waals surface area contributed by atoms with Crippen LogP contribution in [0.25, 0.3) is 5.76 Å². The molecule has 3 aromatic rings. The van der Waals surface area contributed by atoms with Gasteiger partial charge in [-0.1, -0.05) is 18.2 Å². The molecule has 8 heteroatoms. The molecule has 0 radical (unpaired) electrons. The van der Waals surface area contributed by atoms with Crippen LogP contribution in [-0.4, -0.2) is 46.9 Å². The fraction of sp³-hybridized carbons (Fsp3) is 0.192. The Morgan fingerprint density at radius 2 is 1.97 bits per heavy atom. The van der Waals surface area contributed by atoms with Gasteiger partial charge in [0.15, 0.2) is 0 Å². The maximum absolute atomic E-state index is 13.4. The topological polar surface area (TPSA) is 83.0 Å². The third kappa shape index (κ3) is 3.77. The fourth-order valence-electron chi connectivity index (χ4n) is 4.37. The van der Waals surface area contributed by atoms with Gasteiger partial charge in [0.25, 0.3) is 11.7 Å². The number of halogens is 1. The monoisotopic (exact) mass is 459 g/mol. The van der Waals surface area contributed by atoms with Crippen LogP contribution in [0.3, 0.4) is 0 Å². The second-order valence-electron chi connectivity index (χ2n) is 8.29. The minimum atomic E-state index is -0.844. The summed E-state index contributed by atoms with van der Waals surface area (Å²) in [6, 6.07) is 13.5. The van der Waals surface area contributed by atoms with Gasteiger partial charge < -0.3 is 19.6 Å². The Kier molecular flexibility index (Phi) is 5.49. The number of likely N-dealkylation sites (tertiary alicyclic amines) is 1. The summed E-state index contributed by atoms with van der Waals surface area (Å²) in [5, 5.41) is 11.3. The van der Waals surface area contributed by atoms with E-state index in [-0.39, 0.29) is 17.9 Å². The molecule has 0 bridgehead atoms. The van der Waals surface area contributed by atoms with E-state index in [1.165, 1.54) is 17.0 Å². The number of fused-ring (bicyclic) bond motifs is 1. The summed E-state index contributed by atoms with van der Waals surface area (Å²) in [5.74, 6) is -1.49. The number of Topliss-reactive ketones (excluding diaryl/α,β-unsaturated/α-hetero) is 1. The van der Waals surface area contributed by atoms with Crippen molar-refractivity contribution >= 4 is 23.1 Å². The zero-order chi connectivity index (χ0) is 23.8. The van der Waals surface area contributed by atoms with E-state index in [4.69, 9.17) is 4.74 Å². The van der Waals surface area contributed by atoms with Crippen LogP contribution in [0.5, 0.6) is 5.75 Å². The van der Waals surface area contributed by atoms with E-state index in [9.17, 15) is 19.1 Å². The van der Waals surface area contributed by atoms with Gasteiger partial charge in [-0.3, -0.25) is 14.6 Å². The molecule has 1 N–H and O–H groups in total. The number of aliphatic hydroxyl groups excluding tert-OH is 1. The van der Waals surface area contributed by atoms with Gasteiger partial charge in [-0.25, -0.2) is 4.39 Å². The fourth-order valence-corrected chi connectivity index (χ4v) is 4.37. The maximum atomic E-state index is 13.4. The van der Waals surface area contributed by atoms with Crippen molar-refractivity contribution in [3.63, 3.8) is 0 Å². The Hall–Kier alpha value is -4.20. The van der Waals surface area contributed by atoms with Crippen LogP contribution in [0.2, 0.25) is 0 Å². The number of pyridine rings is 1. The second kappa shape index (κ2) is 8.62. The van der Waals surface area contributed by atoms with Crippen molar-refractivity contribution in [1.82, 2.24) is 9.88 Å². The van der Waals surface area contributed by atoms with Gasteiger partial charge in [-0.15, -0.1) is 0 Å². The first kappa shape index (κ1) is 21.6. The summed E-state index contributed by atoms with van der Waals surface area (Å²) < 4.78 is 19.1. The zero-order valence-corrected chi connectivity index (χ0v) is 18.4. The van der Waals surface area contributed by atoms with Crippen molar-refractivity contribution in [2.45, 2.75) is 12.6 Å². The van der Waals surface area contributed by atoms with Crippen molar-refractivity contribution in [1.29, 1.82) is 0 Å². The molecule has 172 valence electrons. The first-order valence-corrected chi connectivity index (χ1v) is 10.8. The van der Waals surface area contributed by atoms with Gasteiger partial charge in [-0.05, 0) is 47.5 Å². The van der Waals surface area contributed by atoms with E-state index in [0.29, 0.717) is 35.6 Å². The molecule has 0 spiro atoms. The standard InChI is InChI=1S/C26H22FN3O4/c1-29-11-12-34-21-9-6-17(13-20(21)29)24(31)22-23(18-3-2-10-28-14-18)30(26(33)25(22)32)15-16-4-7-19(27)8-5-16/h2-10,13-14,23,31H,11-12,15H2,1H3/b24-22-. The number of hydrogen-bond acceptors (Lipinski definition) is 6. The van der Waals surface area contributed by atoms with Crippen LogP contribution >= 0.6 is 0 Å². The van der Waals surface area contributed by atoms with Crippen LogP contribution in [0.1, 0.15) is 22.7 Å². The van der Waals surface area contributed by atoms with Crippen molar-refractivity contribution in [3.05, 3.63) is 95.1 Å². The molecular weight excluding hydrogens is 437 g/mol. The lowest BCUT2D eigenvalue weighted by atomic mass is 9.95. The third-order valence-corrected chi connectivity index (χ3v) is 6.13. The number of nitrogens with zero attached hydrogens (tertiary/aromatic N) is 3. The summed E-state index contributed by atoms with van der Waals surface area (Å²) in [6.07, 6.45) is 3.16. The minimum Gasteiger partial charge on any atom is -0.507 e.